The van der Waals surface area contributed by atoms with Gasteiger partial charge < -0.3 is 9.47 Å². The van der Waals surface area contributed by atoms with Crippen LogP contribution < -0.4 is 25.6 Å². The summed E-state index contributed by atoms with van der Waals surface area (Å²) in [6.07, 6.45) is 0.906. The number of para-hydroxylation sites is 1. The molecule has 2 aromatic carbocycles. The van der Waals surface area contributed by atoms with Crippen molar-refractivity contribution in [3.63, 3.8) is 0 Å². The van der Waals surface area contributed by atoms with E-state index in [4.69, 9.17) is 21.7 Å². The van der Waals surface area contributed by atoms with Gasteiger partial charge in [0.2, 0.25) is 0 Å². The summed E-state index contributed by atoms with van der Waals surface area (Å²) in [5.74, 6) is 0.802. The molecule has 8 heteroatoms. The van der Waals surface area contributed by atoms with Gasteiger partial charge >= 0.3 is 0 Å². The maximum atomic E-state index is 12.2. The van der Waals surface area contributed by atoms with Crippen LogP contribution in [0.1, 0.15) is 49.0 Å². The Morgan fingerprint density at radius 2 is 1.70 bits per heavy atom. The summed E-state index contributed by atoms with van der Waals surface area (Å²) in [7, 11) is 0. The molecule has 2 rings (SSSR count). The van der Waals surface area contributed by atoms with Crippen LogP contribution in [0.5, 0.6) is 11.5 Å². The second-order valence-corrected chi connectivity index (χ2v) is 7.22. The van der Waals surface area contributed by atoms with E-state index >= 15 is 0 Å². The van der Waals surface area contributed by atoms with E-state index in [1.807, 2.05) is 31.2 Å². The third-order valence-electron chi connectivity index (χ3n) is 4.03. The number of amides is 2. The molecule has 2 aromatic rings. The van der Waals surface area contributed by atoms with Crippen LogP contribution >= 0.6 is 12.2 Å². The third kappa shape index (κ3) is 7.36. The van der Waals surface area contributed by atoms with Crippen LogP contribution in [0.25, 0.3) is 0 Å². The monoisotopic (exact) mass is 429 g/mol. The Hall–Kier alpha value is -3.13. The number of carbonyl (C=O) groups is 2. The molecule has 0 aliphatic heterocycles. The summed E-state index contributed by atoms with van der Waals surface area (Å²) in [6, 6.07) is 14.3. The number of hydrogen-bond acceptors (Lipinski definition) is 5. The number of hydrazine groups is 1. The van der Waals surface area contributed by atoms with Crippen molar-refractivity contribution in [2.24, 2.45) is 0 Å². The van der Waals surface area contributed by atoms with E-state index in [0.29, 0.717) is 23.7 Å². The second-order valence-electron chi connectivity index (χ2n) is 6.81. The number of carbonyl (C=O) groups excluding carboxylic acids is 2. The summed E-state index contributed by atoms with van der Waals surface area (Å²) < 4.78 is 11.1. The lowest BCUT2D eigenvalue weighted by molar-refractivity contribution is -0.123. The number of hydrogen-bond donors (Lipinski definition) is 3. The molecule has 0 atom stereocenters. The van der Waals surface area contributed by atoms with Gasteiger partial charge in [-0.3, -0.25) is 25.8 Å². The van der Waals surface area contributed by atoms with Gasteiger partial charge in [0.05, 0.1) is 6.61 Å². The van der Waals surface area contributed by atoms with Gasteiger partial charge in [0.15, 0.2) is 11.7 Å². The average molecular weight is 430 g/mol. The minimum Gasteiger partial charge on any atom is -0.494 e. The van der Waals surface area contributed by atoms with E-state index < -0.39 is 11.8 Å². The first-order valence-corrected chi connectivity index (χ1v) is 10.2. The average Bonchev–Trinajstić information content (AvgIpc) is 2.75. The second kappa shape index (κ2) is 11.8. The highest BCUT2D eigenvalue weighted by atomic mass is 32.1. The molecule has 0 saturated carbocycles. The summed E-state index contributed by atoms with van der Waals surface area (Å²) in [5.41, 5.74) is 6.33. The fraction of sp³-hybridized carbons (Fsp3) is 0.318. The van der Waals surface area contributed by atoms with Crippen LogP contribution in [0, 0.1) is 0 Å². The van der Waals surface area contributed by atoms with Crippen molar-refractivity contribution in [1.82, 2.24) is 16.2 Å². The topological polar surface area (TPSA) is 88.7 Å². The van der Waals surface area contributed by atoms with Gasteiger partial charge in [-0.2, -0.15) is 0 Å². The van der Waals surface area contributed by atoms with Crippen molar-refractivity contribution in [2.75, 3.05) is 13.2 Å². The molecule has 0 unspecified atom stereocenters. The van der Waals surface area contributed by atoms with E-state index in [-0.39, 0.29) is 17.6 Å². The standard InChI is InChI=1S/C22H27N3O4S/c1-4-13-28-17-11-9-16(10-12-17)21(27)23-22(30)25-24-20(26)14-29-19-8-6-5-7-18(19)15(2)3/h5-12,15H,4,13-14H2,1-3H3,(H,24,26)(H2,23,25,27,30). The summed E-state index contributed by atoms with van der Waals surface area (Å²) in [4.78, 5) is 24.2. The summed E-state index contributed by atoms with van der Waals surface area (Å²) in [5, 5.41) is 2.47. The van der Waals surface area contributed by atoms with Crippen molar-refractivity contribution in [2.45, 2.75) is 33.1 Å². The molecule has 2 amide bonds. The van der Waals surface area contributed by atoms with Crippen LogP contribution in [0.3, 0.4) is 0 Å². The molecule has 3 N–H and O–H groups in total. The van der Waals surface area contributed by atoms with Crippen LogP contribution in [-0.2, 0) is 4.79 Å². The molecule has 30 heavy (non-hydrogen) atoms. The molecule has 0 saturated heterocycles. The zero-order valence-corrected chi connectivity index (χ0v) is 18.2. The highest BCUT2D eigenvalue weighted by Gasteiger charge is 2.11. The van der Waals surface area contributed by atoms with Crippen LogP contribution in [0.4, 0.5) is 0 Å². The molecule has 0 bridgehead atoms. The van der Waals surface area contributed by atoms with Crippen LogP contribution in [0.2, 0.25) is 0 Å². The van der Waals surface area contributed by atoms with Crippen LogP contribution in [-0.4, -0.2) is 30.1 Å². The van der Waals surface area contributed by atoms with E-state index in [0.717, 1.165) is 12.0 Å². The Morgan fingerprint density at radius 3 is 2.37 bits per heavy atom. The largest absolute Gasteiger partial charge is 0.494 e. The SMILES string of the molecule is CCCOc1ccc(C(=O)NC(=S)NNC(=O)COc2ccccc2C(C)C)cc1. The van der Waals surface area contributed by atoms with Crippen molar-refractivity contribution in [1.29, 1.82) is 0 Å². The van der Waals surface area contributed by atoms with Crippen molar-refractivity contribution in [3.05, 3.63) is 59.7 Å². The summed E-state index contributed by atoms with van der Waals surface area (Å²) >= 11 is 5.04. The predicted octanol–water partition coefficient (Wildman–Crippen LogP) is 3.31. The molecule has 160 valence electrons. The molecule has 0 heterocycles. The zero-order chi connectivity index (χ0) is 21.9. The third-order valence-corrected chi connectivity index (χ3v) is 4.24. The molecule has 0 aromatic heterocycles. The molecule has 0 aliphatic rings. The van der Waals surface area contributed by atoms with E-state index in [9.17, 15) is 9.59 Å². The van der Waals surface area contributed by atoms with Gasteiger partial charge in [-0.05, 0) is 60.5 Å². The van der Waals surface area contributed by atoms with Gasteiger partial charge in [-0.15, -0.1) is 0 Å². The Bertz CT molecular complexity index is 869. The Balaban J connectivity index is 1.76. The van der Waals surface area contributed by atoms with Crippen LogP contribution in [0.15, 0.2) is 48.5 Å². The first kappa shape index (κ1) is 23.2. The number of ether oxygens (including phenoxy) is 2. The number of benzene rings is 2. The van der Waals surface area contributed by atoms with Gasteiger partial charge in [-0.25, -0.2) is 0 Å². The number of nitrogens with one attached hydrogen (secondary N) is 3. The number of rotatable bonds is 8. The normalized spacial score (nSPS) is 10.3. The van der Waals surface area contributed by atoms with Crippen molar-refractivity contribution in [3.8, 4) is 11.5 Å². The molecular weight excluding hydrogens is 402 g/mol. The zero-order valence-electron chi connectivity index (χ0n) is 17.4. The van der Waals surface area contributed by atoms with Crippen molar-refractivity contribution >= 4 is 29.1 Å². The number of thiocarbonyl (C=S) groups is 1. The molecule has 0 radical (unpaired) electrons. The van der Waals surface area contributed by atoms with Crippen molar-refractivity contribution < 1.29 is 19.1 Å². The highest BCUT2D eigenvalue weighted by molar-refractivity contribution is 7.80. The highest BCUT2D eigenvalue weighted by Crippen LogP contribution is 2.25. The van der Waals surface area contributed by atoms with Gasteiger partial charge in [0.1, 0.15) is 11.5 Å². The molecule has 7 nitrogen and oxygen atoms in total. The Labute approximate surface area is 182 Å². The van der Waals surface area contributed by atoms with Gasteiger partial charge in [0, 0.05) is 5.56 Å². The summed E-state index contributed by atoms with van der Waals surface area (Å²) in [6.45, 7) is 6.55. The minimum atomic E-state index is -0.428. The first-order valence-electron chi connectivity index (χ1n) is 9.75. The van der Waals surface area contributed by atoms with Gasteiger partial charge in [-0.1, -0.05) is 39.0 Å². The lowest BCUT2D eigenvalue weighted by Crippen LogP contribution is -2.49. The molecular formula is C22H27N3O4S. The van der Waals surface area contributed by atoms with E-state index in [1.165, 1.54) is 0 Å². The Morgan fingerprint density at radius 1 is 1.00 bits per heavy atom. The first-order chi connectivity index (χ1) is 14.4. The molecule has 0 aliphatic carbocycles. The lowest BCUT2D eigenvalue weighted by Gasteiger charge is -2.14. The van der Waals surface area contributed by atoms with E-state index in [2.05, 4.69) is 30.0 Å². The fourth-order valence-electron chi connectivity index (χ4n) is 2.52. The fourth-order valence-corrected chi connectivity index (χ4v) is 2.67. The quantitative estimate of drug-likeness (QED) is 0.441. The predicted molar refractivity (Wildman–Crippen MR) is 120 cm³/mol. The van der Waals surface area contributed by atoms with Gasteiger partial charge in [0.25, 0.3) is 11.8 Å². The smallest absolute Gasteiger partial charge is 0.276 e. The maximum Gasteiger partial charge on any atom is 0.276 e. The maximum absolute atomic E-state index is 12.2. The lowest BCUT2D eigenvalue weighted by atomic mass is 10.0. The van der Waals surface area contributed by atoms with E-state index in [1.54, 1.807) is 24.3 Å². The minimum absolute atomic E-state index is 0.0257. The molecule has 0 fully saturated rings. The molecule has 0 spiro atoms. The Kier molecular flexibility index (Phi) is 9.08.